The summed E-state index contributed by atoms with van der Waals surface area (Å²) in [6, 6.07) is 21.7. The van der Waals surface area contributed by atoms with Gasteiger partial charge in [-0.05, 0) is 47.2 Å². The van der Waals surface area contributed by atoms with E-state index >= 15 is 0 Å². The molecule has 0 bridgehead atoms. The van der Waals surface area contributed by atoms with Crippen LogP contribution >= 0.6 is 34.8 Å². The van der Waals surface area contributed by atoms with Gasteiger partial charge in [0.2, 0.25) is 11.8 Å². The second kappa shape index (κ2) is 13.7. The summed E-state index contributed by atoms with van der Waals surface area (Å²) >= 11 is 18.9. The van der Waals surface area contributed by atoms with Crippen LogP contribution in [0, 0.1) is 5.92 Å². The molecule has 0 aliphatic carbocycles. The maximum Gasteiger partial charge on any atom is 0.243 e. The fourth-order valence-corrected chi connectivity index (χ4v) is 4.59. The van der Waals surface area contributed by atoms with Crippen LogP contribution in [0.1, 0.15) is 37.0 Å². The van der Waals surface area contributed by atoms with Crippen molar-refractivity contribution >= 4 is 46.6 Å². The number of aryl methyl sites for hydroxylation is 1. The number of nitrogens with one attached hydrogen (secondary N) is 1. The molecule has 0 saturated carbocycles. The molecule has 1 atom stereocenters. The number of hydrogen-bond acceptors (Lipinski definition) is 2. The van der Waals surface area contributed by atoms with E-state index in [1.165, 1.54) is 0 Å². The average molecular weight is 546 g/mol. The topological polar surface area (TPSA) is 49.4 Å². The van der Waals surface area contributed by atoms with Crippen LogP contribution in [0.25, 0.3) is 0 Å². The molecular formula is C29H31Cl3N2O2. The summed E-state index contributed by atoms with van der Waals surface area (Å²) in [5.74, 6) is -0.0632. The lowest BCUT2D eigenvalue weighted by Crippen LogP contribution is -2.51. The first-order valence-corrected chi connectivity index (χ1v) is 13.2. The van der Waals surface area contributed by atoms with Crippen molar-refractivity contribution in [3.8, 4) is 0 Å². The van der Waals surface area contributed by atoms with Crippen molar-refractivity contribution in [1.82, 2.24) is 10.2 Å². The molecule has 0 aliphatic heterocycles. The van der Waals surface area contributed by atoms with E-state index in [1.54, 1.807) is 23.1 Å². The van der Waals surface area contributed by atoms with Gasteiger partial charge in [0.05, 0.1) is 0 Å². The van der Waals surface area contributed by atoms with Crippen molar-refractivity contribution in [3.63, 3.8) is 0 Å². The molecule has 0 aromatic heterocycles. The van der Waals surface area contributed by atoms with Crippen LogP contribution in [-0.4, -0.2) is 29.3 Å². The Labute approximate surface area is 228 Å². The normalized spacial score (nSPS) is 11.8. The van der Waals surface area contributed by atoms with Crippen molar-refractivity contribution in [2.24, 2.45) is 5.92 Å². The van der Waals surface area contributed by atoms with Gasteiger partial charge < -0.3 is 10.2 Å². The Bertz CT molecular complexity index is 1170. The first-order valence-electron chi connectivity index (χ1n) is 12.0. The van der Waals surface area contributed by atoms with Gasteiger partial charge in [0.15, 0.2) is 0 Å². The molecule has 190 valence electrons. The van der Waals surface area contributed by atoms with Gasteiger partial charge in [0.25, 0.3) is 0 Å². The number of halogens is 3. The highest BCUT2D eigenvalue weighted by Gasteiger charge is 2.30. The van der Waals surface area contributed by atoms with Gasteiger partial charge in [-0.2, -0.15) is 0 Å². The minimum Gasteiger partial charge on any atom is -0.354 e. The number of hydrogen-bond donors (Lipinski definition) is 1. The van der Waals surface area contributed by atoms with Crippen molar-refractivity contribution in [3.05, 3.63) is 105 Å². The maximum atomic E-state index is 13.7. The van der Waals surface area contributed by atoms with Crippen molar-refractivity contribution in [1.29, 1.82) is 0 Å². The number of nitrogens with zero attached hydrogens (tertiary/aromatic N) is 1. The van der Waals surface area contributed by atoms with E-state index in [9.17, 15) is 9.59 Å². The fraction of sp³-hybridized carbons (Fsp3) is 0.310. The van der Waals surface area contributed by atoms with Crippen LogP contribution in [0.4, 0.5) is 0 Å². The second-order valence-electron chi connectivity index (χ2n) is 9.19. The highest BCUT2D eigenvalue weighted by molar-refractivity contribution is 6.35. The lowest BCUT2D eigenvalue weighted by Gasteiger charge is -2.32. The minimum absolute atomic E-state index is 0.151. The molecule has 1 unspecified atom stereocenters. The Morgan fingerprint density at radius 2 is 1.56 bits per heavy atom. The summed E-state index contributed by atoms with van der Waals surface area (Å²) in [5.41, 5.74) is 2.58. The molecule has 2 amide bonds. The van der Waals surface area contributed by atoms with E-state index in [0.29, 0.717) is 34.5 Å². The molecule has 0 radical (unpaired) electrons. The summed E-state index contributed by atoms with van der Waals surface area (Å²) in [7, 11) is 0. The predicted molar refractivity (Wildman–Crippen MR) is 149 cm³/mol. The minimum atomic E-state index is -0.711. The summed E-state index contributed by atoms with van der Waals surface area (Å²) in [6.07, 6.45) is 1.06. The van der Waals surface area contributed by atoms with Gasteiger partial charge in [-0.25, -0.2) is 0 Å². The third kappa shape index (κ3) is 8.26. The SMILES string of the molecule is CC(C)CNC(=O)C(Cc1ccccc1)N(Cc1ccc(Cl)cc1Cl)C(=O)CCc1ccccc1Cl. The van der Waals surface area contributed by atoms with Gasteiger partial charge in [-0.3, -0.25) is 9.59 Å². The maximum absolute atomic E-state index is 13.7. The van der Waals surface area contributed by atoms with Crippen molar-refractivity contribution < 1.29 is 9.59 Å². The molecule has 36 heavy (non-hydrogen) atoms. The number of amides is 2. The molecule has 0 heterocycles. The Morgan fingerprint density at radius 1 is 0.861 bits per heavy atom. The zero-order valence-corrected chi connectivity index (χ0v) is 22.8. The summed E-state index contributed by atoms with van der Waals surface area (Å²) < 4.78 is 0. The highest BCUT2D eigenvalue weighted by atomic mass is 35.5. The molecule has 0 fully saturated rings. The Hall–Kier alpha value is -2.53. The van der Waals surface area contributed by atoms with Crippen molar-refractivity contribution in [2.45, 2.75) is 45.7 Å². The third-order valence-electron chi connectivity index (χ3n) is 5.88. The van der Waals surface area contributed by atoms with Gasteiger partial charge in [0.1, 0.15) is 6.04 Å². The lowest BCUT2D eigenvalue weighted by atomic mass is 10.0. The highest BCUT2D eigenvalue weighted by Crippen LogP contribution is 2.25. The summed E-state index contributed by atoms with van der Waals surface area (Å²) in [6.45, 7) is 4.77. The van der Waals surface area contributed by atoms with E-state index in [-0.39, 0.29) is 30.7 Å². The van der Waals surface area contributed by atoms with Crippen LogP contribution in [0.2, 0.25) is 15.1 Å². The van der Waals surface area contributed by atoms with E-state index < -0.39 is 6.04 Å². The Kier molecular flexibility index (Phi) is 10.7. The fourth-order valence-electron chi connectivity index (χ4n) is 3.90. The lowest BCUT2D eigenvalue weighted by molar-refractivity contribution is -0.141. The monoisotopic (exact) mass is 544 g/mol. The van der Waals surface area contributed by atoms with Gasteiger partial charge in [-0.15, -0.1) is 0 Å². The van der Waals surface area contributed by atoms with E-state index in [2.05, 4.69) is 5.32 Å². The molecule has 0 aliphatic rings. The Balaban J connectivity index is 1.94. The summed E-state index contributed by atoms with van der Waals surface area (Å²) in [4.78, 5) is 28.8. The number of carbonyl (C=O) groups excluding carboxylic acids is 2. The summed E-state index contributed by atoms with van der Waals surface area (Å²) in [5, 5.41) is 4.60. The zero-order valence-electron chi connectivity index (χ0n) is 20.5. The van der Waals surface area contributed by atoms with Crippen LogP contribution in [-0.2, 0) is 29.0 Å². The Morgan fingerprint density at radius 3 is 2.22 bits per heavy atom. The largest absolute Gasteiger partial charge is 0.354 e. The molecule has 7 heteroatoms. The second-order valence-corrected chi connectivity index (χ2v) is 10.4. The van der Waals surface area contributed by atoms with E-state index in [1.807, 2.05) is 68.4 Å². The van der Waals surface area contributed by atoms with Crippen molar-refractivity contribution in [2.75, 3.05) is 6.54 Å². The van der Waals surface area contributed by atoms with Crippen LogP contribution in [0.3, 0.4) is 0 Å². The molecule has 4 nitrogen and oxygen atoms in total. The number of benzene rings is 3. The zero-order chi connectivity index (χ0) is 26.1. The predicted octanol–water partition coefficient (Wildman–Crippen LogP) is 6.99. The first kappa shape index (κ1) is 28.0. The van der Waals surface area contributed by atoms with E-state index in [0.717, 1.165) is 16.7 Å². The van der Waals surface area contributed by atoms with Crippen LogP contribution < -0.4 is 5.32 Å². The molecule has 3 aromatic carbocycles. The molecule has 0 saturated heterocycles. The average Bonchev–Trinajstić information content (AvgIpc) is 2.85. The quantitative estimate of drug-likeness (QED) is 0.282. The molecule has 3 rings (SSSR count). The molecule has 0 spiro atoms. The first-order chi connectivity index (χ1) is 17.2. The van der Waals surface area contributed by atoms with Gasteiger partial charge in [0, 0.05) is 41.0 Å². The number of rotatable bonds is 11. The molecule has 1 N–H and O–H groups in total. The third-order valence-corrected chi connectivity index (χ3v) is 6.83. The van der Waals surface area contributed by atoms with E-state index in [4.69, 9.17) is 34.8 Å². The van der Waals surface area contributed by atoms with Gasteiger partial charge >= 0.3 is 0 Å². The van der Waals surface area contributed by atoms with Gasteiger partial charge in [-0.1, -0.05) is 103 Å². The van der Waals surface area contributed by atoms with Crippen LogP contribution in [0.15, 0.2) is 72.8 Å². The standard InChI is InChI=1S/C29H31Cl3N2O2/c1-20(2)18-33-29(36)27(16-21-8-4-3-5-9-21)34(19-23-12-14-24(30)17-26(23)32)28(35)15-13-22-10-6-7-11-25(22)31/h3-12,14,17,20,27H,13,15-16,18-19H2,1-2H3,(H,33,36). The smallest absolute Gasteiger partial charge is 0.243 e. The number of carbonyl (C=O) groups is 2. The molecular weight excluding hydrogens is 515 g/mol. The van der Waals surface area contributed by atoms with Crippen LogP contribution in [0.5, 0.6) is 0 Å². The molecule has 3 aromatic rings.